The summed E-state index contributed by atoms with van der Waals surface area (Å²) in [5.74, 6) is 0.172. The van der Waals surface area contributed by atoms with E-state index >= 15 is 0 Å². The highest BCUT2D eigenvalue weighted by molar-refractivity contribution is 5.99. The summed E-state index contributed by atoms with van der Waals surface area (Å²) in [6.45, 7) is 9.69. The van der Waals surface area contributed by atoms with Gasteiger partial charge in [-0.2, -0.15) is 0 Å². The standard InChI is InChI=1S/C34H42FN5O2/c1-21(2)38(4)33(41)28-18-24(35)9-12-30(28)40-20-29(27-13-14-36-19-31(27)40)23-7-5-15-39(16-6-8-23)34(42)32-26-11-10-25(37-32)17-22(26)3/h9,12-14,18-21,23,25-26,32,37H,3,5-8,10-11,15-17H2,1-2,4H3/t25-,26+,32-/m0/s1. The predicted octanol–water partition coefficient (Wildman–Crippen LogP) is 5.83. The van der Waals surface area contributed by atoms with Gasteiger partial charge in [-0.15, -0.1) is 0 Å². The van der Waals surface area contributed by atoms with E-state index in [1.54, 1.807) is 18.0 Å². The van der Waals surface area contributed by atoms with E-state index in [0.717, 1.165) is 68.9 Å². The van der Waals surface area contributed by atoms with Gasteiger partial charge in [-0.1, -0.05) is 12.2 Å². The van der Waals surface area contributed by atoms with Crippen molar-refractivity contribution < 1.29 is 14.0 Å². The highest BCUT2D eigenvalue weighted by atomic mass is 19.1. The predicted molar refractivity (Wildman–Crippen MR) is 163 cm³/mol. The zero-order valence-corrected chi connectivity index (χ0v) is 25.0. The molecule has 1 aliphatic carbocycles. The summed E-state index contributed by atoms with van der Waals surface area (Å²) in [5.41, 5.74) is 4.34. The summed E-state index contributed by atoms with van der Waals surface area (Å²) in [4.78, 5) is 35.1. The van der Waals surface area contributed by atoms with Crippen LogP contribution in [0.3, 0.4) is 0 Å². The number of pyridine rings is 1. The molecule has 1 saturated carbocycles. The molecule has 3 aliphatic heterocycles. The van der Waals surface area contributed by atoms with Gasteiger partial charge in [0.25, 0.3) is 5.91 Å². The number of nitrogens with one attached hydrogen (secondary N) is 1. The Kier molecular flexibility index (Phi) is 7.92. The first-order valence-corrected chi connectivity index (χ1v) is 15.5. The highest BCUT2D eigenvalue weighted by Gasteiger charge is 2.42. The minimum absolute atomic E-state index is 0.0171. The van der Waals surface area contributed by atoms with Crippen molar-refractivity contribution in [3.05, 3.63) is 72.0 Å². The number of nitrogens with zero attached hydrogens (tertiary/aromatic N) is 4. The number of benzene rings is 1. The summed E-state index contributed by atoms with van der Waals surface area (Å²) < 4.78 is 16.4. The van der Waals surface area contributed by atoms with E-state index < -0.39 is 5.82 Å². The number of carbonyl (C=O) groups excluding carboxylic acids is 2. The lowest BCUT2D eigenvalue weighted by molar-refractivity contribution is -0.136. The fraction of sp³-hybridized carbons (Fsp3) is 0.500. The Bertz CT molecular complexity index is 1500. The number of hydrogen-bond acceptors (Lipinski definition) is 4. The number of halogens is 1. The average molecular weight is 572 g/mol. The van der Waals surface area contributed by atoms with Gasteiger partial charge in [-0.3, -0.25) is 14.6 Å². The van der Waals surface area contributed by atoms with Gasteiger partial charge in [0.05, 0.1) is 29.0 Å². The Hall–Kier alpha value is -3.52. The lowest BCUT2D eigenvalue weighted by Gasteiger charge is -2.45. The van der Waals surface area contributed by atoms with Gasteiger partial charge < -0.3 is 19.7 Å². The minimum atomic E-state index is -0.436. The molecule has 2 aromatic heterocycles. The van der Waals surface area contributed by atoms with Crippen LogP contribution in [0.4, 0.5) is 4.39 Å². The third-order valence-electron chi connectivity index (χ3n) is 9.84. The molecule has 7 nitrogen and oxygen atoms in total. The van der Waals surface area contributed by atoms with Crippen LogP contribution < -0.4 is 5.32 Å². The first-order valence-electron chi connectivity index (χ1n) is 15.5. The van der Waals surface area contributed by atoms with Crippen LogP contribution in [0.5, 0.6) is 0 Å². The van der Waals surface area contributed by atoms with E-state index in [0.29, 0.717) is 23.2 Å². The van der Waals surface area contributed by atoms with E-state index in [4.69, 9.17) is 0 Å². The van der Waals surface area contributed by atoms with Crippen LogP contribution in [0.2, 0.25) is 0 Å². The van der Waals surface area contributed by atoms with Crippen molar-refractivity contribution in [3.8, 4) is 5.69 Å². The Morgan fingerprint density at radius 2 is 1.88 bits per heavy atom. The van der Waals surface area contributed by atoms with Crippen LogP contribution >= 0.6 is 0 Å². The molecule has 0 spiro atoms. The largest absolute Gasteiger partial charge is 0.341 e. The molecule has 2 bridgehead atoms. The summed E-state index contributed by atoms with van der Waals surface area (Å²) in [7, 11) is 1.75. The van der Waals surface area contributed by atoms with Gasteiger partial charge in [0.2, 0.25) is 5.91 Å². The van der Waals surface area contributed by atoms with Crippen LogP contribution in [0.25, 0.3) is 16.6 Å². The fourth-order valence-corrected chi connectivity index (χ4v) is 7.29. The second-order valence-corrected chi connectivity index (χ2v) is 12.7. The van der Waals surface area contributed by atoms with Gasteiger partial charge in [0, 0.05) is 55.9 Å². The summed E-state index contributed by atoms with van der Waals surface area (Å²) in [6, 6.07) is 6.73. The van der Waals surface area contributed by atoms with Crippen LogP contribution in [-0.2, 0) is 4.79 Å². The summed E-state index contributed by atoms with van der Waals surface area (Å²) >= 11 is 0. The molecule has 3 atom stereocenters. The zero-order valence-electron chi connectivity index (χ0n) is 25.0. The number of piperidine rings is 2. The molecular weight excluding hydrogens is 529 g/mol. The van der Waals surface area contributed by atoms with Crippen molar-refractivity contribution in [1.82, 2.24) is 24.7 Å². The van der Waals surface area contributed by atoms with Gasteiger partial charge in [-0.25, -0.2) is 4.39 Å². The van der Waals surface area contributed by atoms with Crippen molar-refractivity contribution in [2.45, 2.75) is 82.8 Å². The number of fused-ring (bicyclic) bond motifs is 4. The zero-order chi connectivity index (χ0) is 29.5. The summed E-state index contributed by atoms with van der Waals surface area (Å²) in [6.07, 6.45) is 12.7. The molecule has 2 amide bonds. The molecule has 1 aromatic carbocycles. The van der Waals surface area contributed by atoms with Gasteiger partial charge in [0.15, 0.2) is 0 Å². The van der Waals surface area contributed by atoms with E-state index in [1.165, 1.54) is 23.3 Å². The van der Waals surface area contributed by atoms with E-state index in [9.17, 15) is 14.0 Å². The number of hydrogen-bond donors (Lipinski definition) is 1. The molecule has 0 unspecified atom stereocenters. The maximum atomic E-state index is 14.4. The lowest BCUT2D eigenvalue weighted by atomic mass is 9.73. The number of amides is 2. The van der Waals surface area contributed by atoms with Gasteiger partial charge in [0.1, 0.15) is 5.82 Å². The Morgan fingerprint density at radius 3 is 2.57 bits per heavy atom. The van der Waals surface area contributed by atoms with Crippen molar-refractivity contribution in [3.63, 3.8) is 0 Å². The number of likely N-dealkylation sites (tertiary alicyclic amines) is 1. The van der Waals surface area contributed by atoms with Gasteiger partial charge >= 0.3 is 0 Å². The van der Waals surface area contributed by atoms with Crippen LogP contribution in [0, 0.1) is 11.7 Å². The second-order valence-electron chi connectivity index (χ2n) is 12.7. The summed E-state index contributed by atoms with van der Waals surface area (Å²) in [5, 5.41) is 4.71. The number of rotatable bonds is 5. The van der Waals surface area contributed by atoms with Crippen molar-refractivity contribution in [2.24, 2.45) is 5.92 Å². The van der Waals surface area contributed by atoms with Crippen LogP contribution in [0.15, 0.2) is 55.0 Å². The van der Waals surface area contributed by atoms with Crippen molar-refractivity contribution >= 4 is 22.7 Å². The topological polar surface area (TPSA) is 70.5 Å². The fourth-order valence-electron chi connectivity index (χ4n) is 7.29. The molecule has 222 valence electrons. The SMILES string of the molecule is C=C1C[C@@H]2CC[C@H]1[C@@H](C(=O)N1CCCC(c3cn(-c4ccc(F)cc4C(=O)N(C)C(C)C)c4cnccc34)CCC1)N2. The molecule has 4 fully saturated rings. The first-order chi connectivity index (χ1) is 20.2. The molecule has 5 heterocycles. The number of aromatic nitrogens is 2. The molecule has 3 aromatic rings. The van der Waals surface area contributed by atoms with E-state index in [2.05, 4.69) is 28.0 Å². The Balaban J connectivity index is 1.25. The molecule has 0 radical (unpaired) electrons. The Morgan fingerprint density at radius 1 is 1.12 bits per heavy atom. The minimum Gasteiger partial charge on any atom is -0.341 e. The van der Waals surface area contributed by atoms with E-state index in [-0.39, 0.29) is 29.8 Å². The lowest BCUT2D eigenvalue weighted by Crippen LogP contribution is -2.60. The van der Waals surface area contributed by atoms with E-state index in [1.807, 2.05) is 36.9 Å². The highest BCUT2D eigenvalue weighted by Crippen LogP contribution is 2.39. The van der Waals surface area contributed by atoms with Gasteiger partial charge in [-0.05, 0) is 94.5 Å². The Labute approximate surface area is 247 Å². The molecular formula is C34H42FN5O2. The maximum Gasteiger partial charge on any atom is 0.256 e. The van der Waals surface area contributed by atoms with Crippen molar-refractivity contribution in [1.29, 1.82) is 0 Å². The van der Waals surface area contributed by atoms with Crippen LogP contribution in [0.1, 0.15) is 80.6 Å². The molecule has 7 rings (SSSR count). The van der Waals surface area contributed by atoms with Crippen molar-refractivity contribution in [2.75, 3.05) is 20.1 Å². The third kappa shape index (κ3) is 5.26. The molecule has 1 N–H and O–H groups in total. The quantitative estimate of drug-likeness (QED) is 0.392. The average Bonchev–Trinajstić information content (AvgIpc) is 3.35. The molecule has 8 heteroatoms. The number of carbonyl (C=O) groups is 2. The smallest absolute Gasteiger partial charge is 0.256 e. The maximum absolute atomic E-state index is 14.4. The van der Waals surface area contributed by atoms with Crippen LogP contribution in [-0.4, -0.2) is 69.4 Å². The monoisotopic (exact) mass is 571 g/mol. The second kappa shape index (κ2) is 11.6. The molecule has 3 saturated heterocycles. The molecule has 42 heavy (non-hydrogen) atoms. The third-order valence-corrected chi connectivity index (χ3v) is 9.84. The normalized spacial score (nSPS) is 23.3. The first kappa shape index (κ1) is 28.6. The molecule has 4 aliphatic rings.